The average molecular weight is 402 g/mol. The molecule has 10 heteroatoms. The van der Waals surface area contributed by atoms with Gasteiger partial charge in [0.25, 0.3) is 0 Å². The maximum Gasteiger partial charge on any atom is 0.331 e. The Labute approximate surface area is 163 Å². The molecule has 0 aromatic rings. The SMILES string of the molecule is C=C(C)C(=O)O.C=C(CC(=O)O)C(=O)O.C=CC(=O)OC.C=CC(=O)OCC. The van der Waals surface area contributed by atoms with Crippen LogP contribution in [0.3, 0.4) is 0 Å². The van der Waals surface area contributed by atoms with Crippen LogP contribution in [0.15, 0.2) is 49.6 Å². The summed E-state index contributed by atoms with van der Waals surface area (Å²) >= 11 is 0. The van der Waals surface area contributed by atoms with E-state index < -0.39 is 30.3 Å². The van der Waals surface area contributed by atoms with E-state index in [0.29, 0.717) is 6.61 Å². The van der Waals surface area contributed by atoms with Gasteiger partial charge < -0.3 is 24.8 Å². The van der Waals surface area contributed by atoms with Crippen molar-refractivity contribution >= 4 is 29.8 Å². The van der Waals surface area contributed by atoms with Gasteiger partial charge in [0, 0.05) is 23.3 Å². The van der Waals surface area contributed by atoms with Crippen LogP contribution in [0.5, 0.6) is 0 Å². The molecule has 0 saturated heterocycles. The second kappa shape index (κ2) is 21.4. The van der Waals surface area contributed by atoms with Gasteiger partial charge in [-0.15, -0.1) is 0 Å². The zero-order valence-electron chi connectivity index (χ0n) is 16.1. The minimum atomic E-state index is -1.27. The second-order valence-corrected chi connectivity index (χ2v) is 4.25. The van der Waals surface area contributed by atoms with E-state index in [1.165, 1.54) is 14.0 Å². The summed E-state index contributed by atoms with van der Waals surface area (Å²) in [6.45, 7) is 16.2. The normalized spacial score (nSPS) is 7.68. The van der Waals surface area contributed by atoms with Gasteiger partial charge in [0.1, 0.15) is 0 Å². The predicted molar refractivity (Wildman–Crippen MR) is 101 cm³/mol. The molecule has 0 bridgehead atoms. The van der Waals surface area contributed by atoms with E-state index in [-0.39, 0.29) is 17.1 Å². The van der Waals surface area contributed by atoms with Gasteiger partial charge in [-0.1, -0.05) is 26.3 Å². The monoisotopic (exact) mass is 402 g/mol. The van der Waals surface area contributed by atoms with Crippen molar-refractivity contribution in [3.63, 3.8) is 0 Å². The van der Waals surface area contributed by atoms with Crippen LogP contribution in [0.4, 0.5) is 0 Å². The van der Waals surface area contributed by atoms with Gasteiger partial charge in [-0.05, 0) is 13.8 Å². The highest BCUT2D eigenvalue weighted by Gasteiger charge is 2.07. The molecule has 0 aromatic carbocycles. The summed E-state index contributed by atoms with van der Waals surface area (Å²) in [6, 6.07) is 0. The number of carbonyl (C=O) groups is 5. The van der Waals surface area contributed by atoms with Gasteiger partial charge in [-0.25, -0.2) is 19.2 Å². The molecule has 158 valence electrons. The zero-order valence-corrected chi connectivity index (χ0v) is 16.1. The van der Waals surface area contributed by atoms with Crippen LogP contribution in [-0.4, -0.2) is 58.9 Å². The topological polar surface area (TPSA) is 164 Å². The third-order valence-corrected chi connectivity index (χ3v) is 1.85. The summed E-state index contributed by atoms with van der Waals surface area (Å²) in [4.78, 5) is 49.2. The van der Waals surface area contributed by atoms with Gasteiger partial charge in [0.2, 0.25) is 0 Å². The molecule has 0 aliphatic rings. The lowest BCUT2D eigenvalue weighted by Gasteiger charge is -1.91. The lowest BCUT2D eigenvalue weighted by molar-refractivity contribution is -0.139. The summed E-state index contributed by atoms with van der Waals surface area (Å²) in [7, 11) is 1.31. The first-order valence-corrected chi connectivity index (χ1v) is 7.31. The minimum Gasteiger partial charge on any atom is -0.481 e. The first-order valence-electron chi connectivity index (χ1n) is 7.31. The Morgan fingerprint density at radius 2 is 1.29 bits per heavy atom. The average Bonchev–Trinajstić information content (AvgIpc) is 2.61. The largest absolute Gasteiger partial charge is 0.481 e. The van der Waals surface area contributed by atoms with Crippen LogP contribution in [0.1, 0.15) is 20.3 Å². The highest BCUT2D eigenvalue weighted by Crippen LogP contribution is 1.95. The predicted octanol–water partition coefficient (Wildman–Crippen LogP) is 1.83. The fraction of sp³-hybridized carbons (Fsp3) is 0.278. The molecule has 0 rings (SSSR count). The van der Waals surface area contributed by atoms with Crippen LogP contribution in [0.2, 0.25) is 0 Å². The first kappa shape index (κ1) is 32.0. The van der Waals surface area contributed by atoms with Gasteiger partial charge in [0.15, 0.2) is 0 Å². The number of esters is 2. The van der Waals surface area contributed by atoms with Crippen LogP contribution in [0.25, 0.3) is 0 Å². The Balaban J connectivity index is -0.000000139. The van der Waals surface area contributed by atoms with Gasteiger partial charge >= 0.3 is 29.8 Å². The van der Waals surface area contributed by atoms with Crippen molar-refractivity contribution < 1.29 is 48.8 Å². The summed E-state index contributed by atoms with van der Waals surface area (Å²) in [6.07, 6.45) is 1.75. The molecule has 0 spiro atoms. The third-order valence-electron chi connectivity index (χ3n) is 1.85. The van der Waals surface area contributed by atoms with Crippen LogP contribution >= 0.6 is 0 Å². The summed E-state index contributed by atoms with van der Waals surface area (Å²) < 4.78 is 8.58. The molecule has 0 fully saturated rings. The Morgan fingerprint density at radius 3 is 1.36 bits per heavy atom. The molecule has 0 unspecified atom stereocenters. The van der Waals surface area contributed by atoms with Crippen molar-refractivity contribution in [2.45, 2.75) is 20.3 Å². The Hall–Kier alpha value is -3.69. The molecule has 0 atom stereocenters. The van der Waals surface area contributed by atoms with E-state index in [0.717, 1.165) is 12.2 Å². The fourth-order valence-corrected chi connectivity index (χ4v) is 0.543. The number of rotatable bonds is 7. The lowest BCUT2D eigenvalue weighted by atomic mass is 10.2. The fourth-order valence-electron chi connectivity index (χ4n) is 0.543. The number of carbonyl (C=O) groups excluding carboxylic acids is 2. The molecule has 0 radical (unpaired) electrons. The van der Waals surface area contributed by atoms with Crippen molar-refractivity contribution in [1.82, 2.24) is 0 Å². The molecule has 0 aliphatic carbocycles. The molecule has 0 amide bonds. The number of hydrogen-bond acceptors (Lipinski definition) is 7. The van der Waals surface area contributed by atoms with Crippen LogP contribution < -0.4 is 0 Å². The number of carboxylic acids is 3. The van der Waals surface area contributed by atoms with Crippen LogP contribution in [-0.2, 0) is 33.4 Å². The molecule has 0 heterocycles. The highest BCUT2D eigenvalue weighted by atomic mass is 16.5. The van der Waals surface area contributed by atoms with Crippen molar-refractivity contribution in [1.29, 1.82) is 0 Å². The molecular formula is C18H26O10. The van der Waals surface area contributed by atoms with E-state index in [1.807, 2.05) is 0 Å². The van der Waals surface area contributed by atoms with E-state index in [4.69, 9.17) is 15.3 Å². The van der Waals surface area contributed by atoms with Crippen molar-refractivity contribution in [2.75, 3.05) is 13.7 Å². The molecule has 0 aromatic heterocycles. The van der Waals surface area contributed by atoms with Gasteiger partial charge in [-0.2, -0.15) is 0 Å². The zero-order chi connectivity index (χ0) is 23.3. The summed E-state index contributed by atoms with van der Waals surface area (Å²) in [5.41, 5.74) is -0.127. The van der Waals surface area contributed by atoms with Crippen molar-refractivity contribution in [3.8, 4) is 0 Å². The number of methoxy groups -OCH3 is 1. The summed E-state index contributed by atoms with van der Waals surface area (Å²) in [5.74, 6) is -4.13. The van der Waals surface area contributed by atoms with Crippen LogP contribution in [0, 0.1) is 0 Å². The molecular weight excluding hydrogens is 376 g/mol. The Morgan fingerprint density at radius 1 is 0.893 bits per heavy atom. The second-order valence-electron chi connectivity index (χ2n) is 4.25. The van der Waals surface area contributed by atoms with E-state index in [1.54, 1.807) is 6.92 Å². The maximum absolute atomic E-state index is 10.1. The molecule has 28 heavy (non-hydrogen) atoms. The smallest absolute Gasteiger partial charge is 0.331 e. The van der Waals surface area contributed by atoms with Gasteiger partial charge in [0.05, 0.1) is 20.1 Å². The molecule has 0 aliphatic heterocycles. The van der Waals surface area contributed by atoms with Crippen molar-refractivity contribution in [3.05, 3.63) is 49.6 Å². The standard InChI is InChI=1S/C5H6O4.C5H8O2.2C4H6O2/c1-3(5(8)9)2-4(6)7;1-3-5(6)7-4-2;1-3-4(5)6-2;1-3(2)4(5)6/h1-2H2,(H,6,7)(H,8,9);3H,1,4H2,2H3;3H,1H2,2H3;1H2,2H3,(H,5,6). The van der Waals surface area contributed by atoms with Crippen molar-refractivity contribution in [2.24, 2.45) is 0 Å². The lowest BCUT2D eigenvalue weighted by Crippen LogP contribution is -2.04. The number of aliphatic carboxylic acids is 3. The molecule has 10 nitrogen and oxygen atoms in total. The first-order chi connectivity index (χ1) is 12.8. The van der Waals surface area contributed by atoms with E-state index >= 15 is 0 Å². The van der Waals surface area contributed by atoms with Gasteiger partial charge in [-0.3, -0.25) is 4.79 Å². The Kier molecular flexibility index (Phi) is 24.4. The molecule has 3 N–H and O–H groups in total. The quantitative estimate of drug-likeness (QED) is 0.422. The number of carboxylic acid groups (broad SMARTS) is 3. The van der Waals surface area contributed by atoms with E-state index in [2.05, 4.69) is 35.8 Å². The third kappa shape index (κ3) is 33.8. The minimum absolute atomic E-state index is 0.176. The maximum atomic E-state index is 10.1. The Bertz CT molecular complexity index is 572. The summed E-state index contributed by atoms with van der Waals surface area (Å²) in [5, 5.41) is 24.0. The number of ether oxygens (including phenoxy) is 2. The van der Waals surface area contributed by atoms with E-state index in [9.17, 15) is 24.0 Å². The molecule has 0 saturated carbocycles. The highest BCUT2D eigenvalue weighted by molar-refractivity contribution is 5.91. The number of hydrogen-bond donors (Lipinski definition) is 3.